The fourth-order valence-corrected chi connectivity index (χ4v) is 3.95. The molecule has 2 aromatic rings. The van der Waals surface area contributed by atoms with Crippen molar-refractivity contribution in [3.05, 3.63) is 49.6 Å². The largest absolute Gasteiger partial charge is 0.482 e. The fourth-order valence-electron chi connectivity index (χ4n) is 2.38. The Morgan fingerprint density at radius 1 is 1.32 bits per heavy atom. The summed E-state index contributed by atoms with van der Waals surface area (Å²) in [6.07, 6.45) is 0. The zero-order valence-electron chi connectivity index (χ0n) is 13.3. The minimum absolute atomic E-state index is 0.0137. The average molecular weight is 420 g/mol. The third-order valence-corrected chi connectivity index (χ3v) is 5.46. The van der Waals surface area contributed by atoms with E-state index >= 15 is 0 Å². The van der Waals surface area contributed by atoms with Gasteiger partial charge in [-0.15, -0.1) is 16.4 Å². The number of carbonyl (C=O) groups excluding carboxylic acids is 1. The summed E-state index contributed by atoms with van der Waals surface area (Å²) in [6.45, 7) is 3.18. The second kappa shape index (κ2) is 7.03. The van der Waals surface area contributed by atoms with Gasteiger partial charge in [-0.1, -0.05) is 34.8 Å². The number of hydrogen-bond donors (Lipinski definition) is 0. The van der Waals surface area contributed by atoms with Crippen molar-refractivity contribution in [1.29, 1.82) is 0 Å². The predicted octanol–water partition coefficient (Wildman–Crippen LogP) is 5.15. The lowest BCUT2D eigenvalue weighted by molar-refractivity contribution is -0.145. The van der Waals surface area contributed by atoms with Crippen molar-refractivity contribution in [2.24, 2.45) is 5.10 Å². The number of amides is 1. The number of hydrogen-bond acceptors (Lipinski definition) is 5. The molecule has 0 unspecified atom stereocenters. The Morgan fingerprint density at radius 2 is 2.08 bits per heavy atom. The maximum Gasteiger partial charge on any atom is 0.247 e. The van der Waals surface area contributed by atoms with E-state index < -0.39 is 5.72 Å². The maximum atomic E-state index is 12.0. The molecule has 1 aromatic carbocycles. The van der Waals surface area contributed by atoms with Gasteiger partial charge in [0.15, 0.2) is 6.61 Å². The van der Waals surface area contributed by atoms with E-state index in [1.165, 1.54) is 23.3 Å². The fraction of sp³-hybridized carbons (Fsp3) is 0.250. The van der Waals surface area contributed by atoms with Crippen molar-refractivity contribution < 1.29 is 14.3 Å². The summed E-state index contributed by atoms with van der Waals surface area (Å²) in [6, 6.07) is 8.45. The molecule has 0 N–H and O–H groups in total. The van der Waals surface area contributed by atoms with Crippen LogP contribution >= 0.6 is 46.1 Å². The van der Waals surface area contributed by atoms with Crippen molar-refractivity contribution in [1.82, 2.24) is 5.01 Å². The van der Waals surface area contributed by atoms with E-state index in [2.05, 4.69) is 5.10 Å². The summed E-state index contributed by atoms with van der Waals surface area (Å²) >= 11 is 19.3. The molecule has 132 valence electrons. The van der Waals surface area contributed by atoms with Crippen LogP contribution in [-0.4, -0.2) is 23.4 Å². The van der Waals surface area contributed by atoms with E-state index in [0.717, 1.165) is 4.88 Å². The highest BCUT2D eigenvalue weighted by atomic mass is 35.5. The molecule has 3 rings (SSSR count). The van der Waals surface area contributed by atoms with Crippen LogP contribution in [-0.2, 0) is 15.3 Å². The molecule has 0 radical (unpaired) electrons. The third kappa shape index (κ3) is 3.72. The summed E-state index contributed by atoms with van der Waals surface area (Å²) in [4.78, 5) is 12.7. The van der Waals surface area contributed by atoms with Crippen LogP contribution in [0.5, 0.6) is 5.75 Å². The van der Waals surface area contributed by atoms with Gasteiger partial charge in [0.1, 0.15) is 5.75 Å². The van der Waals surface area contributed by atoms with Crippen LogP contribution in [0.15, 0.2) is 35.4 Å². The Balaban J connectivity index is 1.79. The first kappa shape index (κ1) is 18.3. The molecular formula is C16H13Cl3N2O3S. The summed E-state index contributed by atoms with van der Waals surface area (Å²) in [5.41, 5.74) is -1.06. The molecule has 0 bridgehead atoms. The highest BCUT2D eigenvalue weighted by molar-refractivity contribution is 7.16. The summed E-state index contributed by atoms with van der Waals surface area (Å²) in [5.74, 6) is 0.444. The van der Waals surface area contributed by atoms with Gasteiger partial charge in [-0.25, -0.2) is 0 Å². The number of hydrazone groups is 1. The molecular weight excluding hydrogens is 407 g/mol. The lowest BCUT2D eigenvalue weighted by atomic mass is 10.2. The van der Waals surface area contributed by atoms with Crippen molar-refractivity contribution >= 4 is 57.9 Å². The van der Waals surface area contributed by atoms with Crippen LogP contribution in [0.25, 0.3) is 0 Å². The quantitative estimate of drug-likeness (QED) is 0.688. The van der Waals surface area contributed by atoms with E-state index in [1.807, 2.05) is 0 Å². The number of rotatable bonds is 4. The van der Waals surface area contributed by atoms with E-state index in [1.54, 1.807) is 37.3 Å². The average Bonchev–Trinajstić information content (AvgIpc) is 3.11. The van der Waals surface area contributed by atoms with Gasteiger partial charge in [0.2, 0.25) is 17.5 Å². The van der Waals surface area contributed by atoms with Gasteiger partial charge in [0.25, 0.3) is 0 Å². The second-order valence-electron chi connectivity index (χ2n) is 5.38. The number of thiophene rings is 1. The molecule has 5 nitrogen and oxygen atoms in total. The van der Waals surface area contributed by atoms with Gasteiger partial charge >= 0.3 is 0 Å². The van der Waals surface area contributed by atoms with Crippen molar-refractivity contribution in [2.75, 3.05) is 6.61 Å². The molecule has 25 heavy (non-hydrogen) atoms. The molecule has 1 atom stereocenters. The molecule has 9 heteroatoms. The van der Waals surface area contributed by atoms with Crippen molar-refractivity contribution in [3.63, 3.8) is 0 Å². The number of halogens is 3. The zero-order valence-corrected chi connectivity index (χ0v) is 16.3. The van der Waals surface area contributed by atoms with Gasteiger partial charge < -0.3 is 9.47 Å². The summed E-state index contributed by atoms with van der Waals surface area (Å²) < 4.78 is 12.1. The lowest BCUT2D eigenvalue weighted by Gasteiger charge is -2.29. The van der Waals surface area contributed by atoms with Gasteiger partial charge in [-0.05, 0) is 30.3 Å². The maximum absolute atomic E-state index is 12.0. The molecule has 0 spiro atoms. The molecule has 0 aliphatic carbocycles. The Bertz CT molecular complexity index is 855. The predicted molar refractivity (Wildman–Crippen MR) is 99.7 cm³/mol. The minimum Gasteiger partial charge on any atom is -0.482 e. The van der Waals surface area contributed by atoms with Crippen LogP contribution < -0.4 is 4.74 Å². The number of carbonyl (C=O) groups is 1. The van der Waals surface area contributed by atoms with Crippen molar-refractivity contribution in [2.45, 2.75) is 19.6 Å². The molecule has 2 heterocycles. The Kier molecular flexibility index (Phi) is 5.16. The Labute approximate surface area is 163 Å². The smallest absolute Gasteiger partial charge is 0.247 e. The van der Waals surface area contributed by atoms with E-state index in [0.29, 0.717) is 20.1 Å². The van der Waals surface area contributed by atoms with E-state index in [9.17, 15) is 4.79 Å². The first-order valence-electron chi connectivity index (χ1n) is 7.20. The van der Waals surface area contributed by atoms with E-state index in [4.69, 9.17) is 44.3 Å². The summed E-state index contributed by atoms with van der Waals surface area (Å²) in [5, 5.41) is 6.40. The minimum atomic E-state index is -1.06. The summed E-state index contributed by atoms with van der Waals surface area (Å²) in [7, 11) is 0. The van der Waals surface area contributed by atoms with Gasteiger partial charge in [0, 0.05) is 18.9 Å². The molecule has 1 aliphatic rings. The monoisotopic (exact) mass is 418 g/mol. The zero-order chi connectivity index (χ0) is 18.2. The third-order valence-electron chi connectivity index (χ3n) is 3.51. The van der Waals surface area contributed by atoms with Crippen LogP contribution in [0.1, 0.15) is 18.7 Å². The van der Waals surface area contributed by atoms with Gasteiger partial charge in [-0.2, -0.15) is 5.01 Å². The molecule has 1 amide bonds. The number of ether oxygens (including phenoxy) is 2. The Morgan fingerprint density at radius 3 is 2.68 bits per heavy atom. The number of benzene rings is 1. The lowest BCUT2D eigenvalue weighted by Crippen LogP contribution is -2.40. The highest BCUT2D eigenvalue weighted by Crippen LogP contribution is 2.40. The van der Waals surface area contributed by atoms with Crippen LogP contribution in [0.4, 0.5) is 0 Å². The van der Waals surface area contributed by atoms with Gasteiger partial charge in [0.05, 0.1) is 14.2 Å². The van der Waals surface area contributed by atoms with Crippen LogP contribution in [0, 0.1) is 0 Å². The SMILES string of the molecule is CC(=O)N1N=C(COc2ccc(Cl)cc2Cl)O[C@@]1(C)c1ccc(Cl)s1. The Hall–Kier alpha value is -1.47. The molecule has 0 saturated carbocycles. The first-order valence-corrected chi connectivity index (χ1v) is 9.15. The highest BCUT2D eigenvalue weighted by Gasteiger charge is 2.45. The molecule has 1 aromatic heterocycles. The molecule has 0 saturated heterocycles. The van der Waals surface area contributed by atoms with Gasteiger partial charge in [-0.3, -0.25) is 4.79 Å². The normalized spacial score (nSPS) is 19.6. The molecule has 0 fully saturated rings. The second-order valence-corrected chi connectivity index (χ2v) is 7.94. The topological polar surface area (TPSA) is 51.1 Å². The van der Waals surface area contributed by atoms with E-state index in [-0.39, 0.29) is 18.4 Å². The van der Waals surface area contributed by atoms with Crippen LogP contribution in [0.2, 0.25) is 14.4 Å². The standard InChI is InChI=1S/C16H13Cl3N2O3S/c1-9(22)21-16(2,13-5-6-14(19)25-13)24-15(20-21)8-23-12-4-3-10(17)7-11(12)18/h3-7H,8H2,1-2H3/t16-/m0/s1. The van der Waals surface area contributed by atoms with Crippen LogP contribution in [0.3, 0.4) is 0 Å². The number of nitrogens with zero attached hydrogens (tertiary/aromatic N) is 2. The first-order chi connectivity index (χ1) is 11.8. The van der Waals surface area contributed by atoms with Crippen molar-refractivity contribution in [3.8, 4) is 5.75 Å². The molecule has 1 aliphatic heterocycles.